The average molecular weight is 344 g/mol. The summed E-state index contributed by atoms with van der Waals surface area (Å²) in [4.78, 5) is 25.9. The molecule has 1 amide bonds. The SMILES string of the molecule is CCC(Br)C(=O)Nc1nc2ccc([N+](=O)[O-])cc2s1. The summed E-state index contributed by atoms with van der Waals surface area (Å²) in [6.45, 7) is 1.89. The summed E-state index contributed by atoms with van der Waals surface area (Å²) in [6.07, 6.45) is 0.669. The van der Waals surface area contributed by atoms with Gasteiger partial charge in [-0.15, -0.1) is 0 Å². The minimum Gasteiger partial charge on any atom is -0.301 e. The molecule has 0 radical (unpaired) electrons. The minimum absolute atomic E-state index is 0.0148. The van der Waals surface area contributed by atoms with Gasteiger partial charge in [-0.1, -0.05) is 34.2 Å². The normalized spacial score (nSPS) is 12.3. The Morgan fingerprint density at radius 3 is 3.00 bits per heavy atom. The Balaban J connectivity index is 2.26. The molecule has 19 heavy (non-hydrogen) atoms. The lowest BCUT2D eigenvalue weighted by molar-refractivity contribution is -0.384. The van der Waals surface area contributed by atoms with Crippen LogP contribution in [-0.4, -0.2) is 20.6 Å². The largest absolute Gasteiger partial charge is 0.301 e. The predicted molar refractivity (Wildman–Crippen MR) is 77.9 cm³/mol. The molecule has 2 aromatic rings. The van der Waals surface area contributed by atoms with Gasteiger partial charge in [0.25, 0.3) is 5.69 Å². The van der Waals surface area contributed by atoms with Gasteiger partial charge < -0.3 is 5.32 Å². The van der Waals surface area contributed by atoms with Crippen LogP contribution in [0.15, 0.2) is 18.2 Å². The van der Waals surface area contributed by atoms with Gasteiger partial charge in [0.2, 0.25) is 5.91 Å². The zero-order valence-corrected chi connectivity index (χ0v) is 12.3. The summed E-state index contributed by atoms with van der Waals surface area (Å²) in [7, 11) is 0. The van der Waals surface area contributed by atoms with E-state index in [0.717, 1.165) is 0 Å². The number of nitrogens with zero attached hydrogens (tertiary/aromatic N) is 2. The Morgan fingerprint density at radius 1 is 1.63 bits per heavy atom. The zero-order chi connectivity index (χ0) is 14.0. The highest BCUT2D eigenvalue weighted by molar-refractivity contribution is 9.10. The van der Waals surface area contributed by atoms with Crippen LogP contribution in [0.1, 0.15) is 13.3 Å². The first kappa shape index (κ1) is 13.9. The van der Waals surface area contributed by atoms with Crippen molar-refractivity contribution >= 4 is 54.2 Å². The number of fused-ring (bicyclic) bond motifs is 1. The summed E-state index contributed by atoms with van der Waals surface area (Å²) < 4.78 is 0.673. The highest BCUT2D eigenvalue weighted by Crippen LogP contribution is 2.29. The number of rotatable bonds is 4. The van der Waals surface area contributed by atoms with Crippen molar-refractivity contribution in [3.63, 3.8) is 0 Å². The molecule has 0 aliphatic carbocycles. The lowest BCUT2D eigenvalue weighted by Gasteiger charge is -2.04. The van der Waals surface area contributed by atoms with Crippen LogP contribution < -0.4 is 5.32 Å². The maximum Gasteiger partial charge on any atom is 0.270 e. The molecule has 0 spiro atoms. The van der Waals surface area contributed by atoms with Gasteiger partial charge in [-0.2, -0.15) is 0 Å². The molecule has 0 fully saturated rings. The molecule has 0 aliphatic rings. The molecular formula is C11H10BrN3O3S. The maximum absolute atomic E-state index is 11.7. The first-order chi connectivity index (χ1) is 9.01. The second-order valence-corrected chi connectivity index (χ2v) is 5.93. The zero-order valence-electron chi connectivity index (χ0n) is 9.92. The lowest BCUT2D eigenvalue weighted by atomic mass is 10.3. The fraction of sp³-hybridized carbons (Fsp3) is 0.273. The highest BCUT2D eigenvalue weighted by Gasteiger charge is 2.15. The molecule has 1 unspecified atom stereocenters. The first-order valence-electron chi connectivity index (χ1n) is 5.51. The van der Waals surface area contributed by atoms with Crippen LogP contribution in [0.4, 0.5) is 10.8 Å². The van der Waals surface area contributed by atoms with E-state index in [1.165, 1.54) is 23.5 Å². The molecule has 100 valence electrons. The lowest BCUT2D eigenvalue weighted by Crippen LogP contribution is -2.21. The third-order valence-electron chi connectivity index (χ3n) is 2.46. The van der Waals surface area contributed by atoms with Gasteiger partial charge in [0.15, 0.2) is 5.13 Å². The molecule has 2 rings (SSSR count). The van der Waals surface area contributed by atoms with Gasteiger partial charge in [0.1, 0.15) is 0 Å². The van der Waals surface area contributed by atoms with E-state index in [-0.39, 0.29) is 16.4 Å². The van der Waals surface area contributed by atoms with Crippen LogP contribution >= 0.6 is 27.3 Å². The molecular weight excluding hydrogens is 334 g/mol. The fourth-order valence-corrected chi connectivity index (χ4v) is 2.47. The number of amides is 1. The molecule has 1 N–H and O–H groups in total. The number of benzene rings is 1. The number of aromatic nitrogens is 1. The quantitative estimate of drug-likeness (QED) is 0.524. The summed E-state index contributed by atoms with van der Waals surface area (Å²) in [5.74, 6) is -0.170. The second-order valence-electron chi connectivity index (χ2n) is 3.79. The molecule has 0 bridgehead atoms. The number of carbonyl (C=O) groups is 1. The van der Waals surface area contributed by atoms with E-state index in [0.29, 0.717) is 21.8 Å². The van der Waals surface area contributed by atoms with Crippen molar-refractivity contribution in [1.29, 1.82) is 0 Å². The standard InChI is InChI=1S/C11H10BrN3O3S/c1-2-7(12)10(16)14-11-13-8-4-3-6(15(17)18)5-9(8)19-11/h3-5,7H,2H2,1H3,(H,13,14,16). The number of non-ortho nitro benzene ring substituents is 1. The number of carbonyl (C=O) groups excluding carboxylic acids is 1. The van der Waals surface area contributed by atoms with Gasteiger partial charge in [0.05, 0.1) is 20.0 Å². The molecule has 8 heteroatoms. The van der Waals surface area contributed by atoms with Crippen molar-refractivity contribution in [2.45, 2.75) is 18.2 Å². The van der Waals surface area contributed by atoms with Crippen LogP contribution in [0.3, 0.4) is 0 Å². The molecule has 1 aromatic carbocycles. The predicted octanol–water partition coefficient (Wildman–Crippen LogP) is 3.32. The number of nitrogens with one attached hydrogen (secondary N) is 1. The van der Waals surface area contributed by atoms with Crippen molar-refractivity contribution in [2.75, 3.05) is 5.32 Å². The fourth-order valence-electron chi connectivity index (χ4n) is 1.45. The van der Waals surface area contributed by atoms with Gasteiger partial charge >= 0.3 is 0 Å². The van der Waals surface area contributed by atoms with Crippen molar-refractivity contribution in [3.8, 4) is 0 Å². The van der Waals surface area contributed by atoms with Crippen molar-refractivity contribution in [1.82, 2.24) is 4.98 Å². The third kappa shape index (κ3) is 3.07. The number of halogens is 1. The summed E-state index contributed by atoms with van der Waals surface area (Å²) in [6, 6.07) is 4.42. The molecule has 0 aliphatic heterocycles. The molecule has 1 heterocycles. The highest BCUT2D eigenvalue weighted by atomic mass is 79.9. The van der Waals surface area contributed by atoms with Crippen LogP contribution in [0.25, 0.3) is 10.2 Å². The Kier molecular flexibility index (Phi) is 4.11. The number of hydrogen-bond donors (Lipinski definition) is 1. The Morgan fingerprint density at radius 2 is 2.37 bits per heavy atom. The number of alkyl halides is 1. The number of hydrogen-bond acceptors (Lipinski definition) is 5. The Hall–Kier alpha value is -1.54. The van der Waals surface area contributed by atoms with E-state index >= 15 is 0 Å². The number of nitro benzene ring substituents is 1. The van der Waals surface area contributed by atoms with Gasteiger partial charge in [-0.3, -0.25) is 14.9 Å². The second kappa shape index (κ2) is 5.62. The molecule has 6 nitrogen and oxygen atoms in total. The Labute approximate surface area is 121 Å². The summed E-state index contributed by atoms with van der Waals surface area (Å²) in [5.41, 5.74) is 0.648. The monoisotopic (exact) mass is 343 g/mol. The van der Waals surface area contributed by atoms with Gasteiger partial charge in [-0.05, 0) is 12.5 Å². The molecule has 0 saturated carbocycles. The topological polar surface area (TPSA) is 85.1 Å². The van der Waals surface area contributed by atoms with Crippen LogP contribution in [0.5, 0.6) is 0 Å². The third-order valence-corrected chi connectivity index (χ3v) is 4.45. The van der Waals surface area contributed by atoms with E-state index in [9.17, 15) is 14.9 Å². The number of thiazole rings is 1. The van der Waals surface area contributed by atoms with E-state index < -0.39 is 4.92 Å². The van der Waals surface area contributed by atoms with Crippen molar-refractivity contribution in [2.24, 2.45) is 0 Å². The summed E-state index contributed by atoms with van der Waals surface area (Å²) >= 11 is 4.47. The van der Waals surface area contributed by atoms with Crippen LogP contribution in [0, 0.1) is 10.1 Å². The van der Waals surface area contributed by atoms with E-state index in [2.05, 4.69) is 26.2 Å². The maximum atomic E-state index is 11.7. The average Bonchev–Trinajstić information content (AvgIpc) is 2.78. The van der Waals surface area contributed by atoms with Crippen LogP contribution in [-0.2, 0) is 4.79 Å². The molecule has 1 aromatic heterocycles. The Bertz CT molecular complexity index is 643. The molecule has 0 saturated heterocycles. The van der Waals surface area contributed by atoms with E-state index in [1.807, 2.05) is 6.92 Å². The van der Waals surface area contributed by atoms with E-state index in [1.54, 1.807) is 6.07 Å². The summed E-state index contributed by atoms with van der Waals surface area (Å²) in [5, 5.41) is 13.8. The molecule has 1 atom stereocenters. The minimum atomic E-state index is -0.455. The first-order valence-corrected chi connectivity index (χ1v) is 7.24. The van der Waals surface area contributed by atoms with Gasteiger partial charge in [0, 0.05) is 12.1 Å². The number of nitro groups is 1. The van der Waals surface area contributed by atoms with E-state index in [4.69, 9.17) is 0 Å². The smallest absolute Gasteiger partial charge is 0.270 e. The van der Waals surface area contributed by atoms with Crippen LogP contribution in [0.2, 0.25) is 0 Å². The number of anilines is 1. The van der Waals surface area contributed by atoms with Crippen molar-refractivity contribution < 1.29 is 9.72 Å². The van der Waals surface area contributed by atoms with Crippen molar-refractivity contribution in [3.05, 3.63) is 28.3 Å². The van der Waals surface area contributed by atoms with Gasteiger partial charge in [-0.25, -0.2) is 4.98 Å².